The van der Waals surface area contributed by atoms with Gasteiger partial charge in [0.2, 0.25) is 17.1 Å². The molecule has 0 unspecified atom stereocenters. The summed E-state index contributed by atoms with van der Waals surface area (Å²) >= 11 is 0. The Hall–Kier alpha value is -8.22. The number of amides is 9. The third-order valence-electron chi connectivity index (χ3n) is 14.5. The number of likely N-dealkylation sites (tertiary alicyclic amines) is 1. The van der Waals surface area contributed by atoms with Gasteiger partial charge in [0.15, 0.2) is 23.3 Å². The van der Waals surface area contributed by atoms with E-state index in [1.807, 2.05) is 0 Å². The normalized spacial score (nSPS) is 23.1. The number of urea groups is 2. The predicted molar refractivity (Wildman–Crippen MR) is 272 cm³/mol. The third-order valence-corrected chi connectivity index (χ3v) is 14.5. The minimum atomic E-state index is -1.77. The lowest BCUT2D eigenvalue weighted by molar-refractivity contribution is -0.144. The Kier molecular flexibility index (Phi) is 18.1. The molecule has 4 aliphatic heterocycles. The molecule has 10 rings (SSSR count). The number of nitrogens with zero attached hydrogens (tertiary/aromatic N) is 3. The van der Waals surface area contributed by atoms with Crippen LogP contribution in [0.1, 0.15) is 113 Å². The number of carbonyl (C=O) groups excluding carboxylic acids is 7. The predicted octanol–water partition coefficient (Wildman–Crippen LogP) is 8.56. The molecule has 2 spiro atoms. The van der Waals surface area contributed by atoms with E-state index in [4.69, 9.17) is 14.6 Å². The standard InChI is InChI=1S/C26H25F3N4O5.C15H14FN3O6.C11H13F2N.2CH4/c1-13-3-8-20(14-4-6-17(27)18(28)11-14)33(13)21(34)12-32-23(35)26(38-25(32)37)10-9-15-16(26)5-7-19(22(15)29)31-24(36)30-2;1-17-13(23)18-9-3-2-8-7(11(9)16)4-5-15(8)12(22)19(6-10(20)21)14(24)25-15;1-7-2-5-11(14-7)8-3-4-9(12)10(13)6-8;;/h4-7,11,13,20H,3,8-10,12H2,1-2H3,(H2,30,31,36);2-3H,4-6H2,1H3,(H,20,21)(H2,17,18,23);3-4,6-7,11,14H,2,5H2,1H3;2*1H4/t13-,20-,26-;15-;7-,11-;;/m000../s1. The van der Waals surface area contributed by atoms with Crippen molar-refractivity contribution in [3.8, 4) is 0 Å². The Morgan fingerprint density at radius 1 is 0.633 bits per heavy atom. The highest BCUT2D eigenvalue weighted by Gasteiger charge is 2.60. The van der Waals surface area contributed by atoms with Crippen molar-refractivity contribution in [1.29, 1.82) is 0 Å². The van der Waals surface area contributed by atoms with Gasteiger partial charge < -0.3 is 46.1 Å². The molecule has 25 heteroatoms. The number of carbonyl (C=O) groups is 8. The van der Waals surface area contributed by atoms with Gasteiger partial charge in [-0.3, -0.25) is 19.2 Å². The zero-order chi connectivity index (χ0) is 55.8. The Bertz CT molecular complexity index is 3110. The van der Waals surface area contributed by atoms with Crippen molar-refractivity contribution in [3.05, 3.63) is 129 Å². The zero-order valence-corrected chi connectivity index (χ0v) is 41.8. The second-order valence-electron chi connectivity index (χ2n) is 19.2. The molecule has 19 nitrogen and oxygen atoms in total. The van der Waals surface area contributed by atoms with Gasteiger partial charge in [-0.1, -0.05) is 39.1 Å². The van der Waals surface area contributed by atoms with Crippen LogP contribution in [0.4, 0.5) is 56.9 Å². The molecule has 6 N–H and O–H groups in total. The van der Waals surface area contributed by atoms with Gasteiger partial charge in [-0.05, 0) is 111 Å². The molecular formula is C54H60F6N8O11. The maximum atomic E-state index is 15.1. The zero-order valence-electron chi connectivity index (χ0n) is 41.8. The molecule has 0 bridgehead atoms. The maximum Gasteiger partial charge on any atom is 0.418 e. The van der Waals surface area contributed by atoms with Crippen molar-refractivity contribution in [3.63, 3.8) is 0 Å². The van der Waals surface area contributed by atoms with Crippen molar-refractivity contribution in [2.75, 3.05) is 37.8 Å². The summed E-state index contributed by atoms with van der Waals surface area (Å²) in [6.45, 7) is 2.45. The van der Waals surface area contributed by atoms with Crippen LogP contribution in [0, 0.1) is 34.9 Å². The molecule has 0 saturated carbocycles. The van der Waals surface area contributed by atoms with Crippen molar-refractivity contribution >= 4 is 59.3 Å². The van der Waals surface area contributed by atoms with Crippen LogP contribution in [0.3, 0.4) is 0 Å². The second kappa shape index (κ2) is 23.8. The van der Waals surface area contributed by atoms with E-state index < -0.39 is 113 Å². The Balaban J connectivity index is 0.000000211. The van der Waals surface area contributed by atoms with Gasteiger partial charge in [0.1, 0.15) is 24.7 Å². The van der Waals surface area contributed by atoms with Crippen LogP contribution < -0.4 is 26.6 Å². The van der Waals surface area contributed by atoms with Crippen LogP contribution in [0.25, 0.3) is 0 Å². The number of hydrogen-bond acceptors (Lipinski definition) is 11. The first-order valence-electron chi connectivity index (χ1n) is 24.4. The summed E-state index contributed by atoms with van der Waals surface area (Å²) in [6.07, 6.45) is 1.23. The van der Waals surface area contributed by atoms with Crippen LogP contribution in [-0.2, 0) is 52.7 Å². The van der Waals surface area contributed by atoms with Gasteiger partial charge in [-0.15, -0.1) is 0 Å². The molecule has 2 aliphatic carbocycles. The monoisotopic (exact) mass is 1110 g/mol. The van der Waals surface area contributed by atoms with Crippen molar-refractivity contribution < 1.29 is 79.3 Å². The van der Waals surface area contributed by atoms with Crippen LogP contribution in [-0.4, -0.2) is 107 Å². The van der Waals surface area contributed by atoms with Crippen LogP contribution in [0.15, 0.2) is 60.7 Å². The molecule has 6 atom stereocenters. The molecule has 4 fully saturated rings. The second-order valence-corrected chi connectivity index (χ2v) is 19.2. The van der Waals surface area contributed by atoms with Gasteiger partial charge in [0, 0.05) is 56.2 Å². The summed E-state index contributed by atoms with van der Waals surface area (Å²) in [6, 6.07) is 11.5. The molecule has 4 aromatic carbocycles. The van der Waals surface area contributed by atoms with Gasteiger partial charge in [0.05, 0.1) is 17.4 Å². The van der Waals surface area contributed by atoms with E-state index in [-0.39, 0.29) is 86.2 Å². The fourth-order valence-electron chi connectivity index (χ4n) is 10.7. The summed E-state index contributed by atoms with van der Waals surface area (Å²) < 4.78 is 93.3. The van der Waals surface area contributed by atoms with Gasteiger partial charge in [-0.2, -0.15) is 0 Å². The Morgan fingerprint density at radius 2 is 1.10 bits per heavy atom. The fraction of sp³-hybridized carbons (Fsp3) is 0.407. The van der Waals surface area contributed by atoms with E-state index >= 15 is 4.39 Å². The van der Waals surface area contributed by atoms with E-state index in [2.05, 4.69) is 33.5 Å². The largest absolute Gasteiger partial charge is 0.480 e. The molecule has 0 aromatic heterocycles. The summed E-state index contributed by atoms with van der Waals surface area (Å²) in [4.78, 5) is 101. The molecule has 4 heterocycles. The molecule has 9 amide bonds. The maximum absolute atomic E-state index is 15.1. The molecule has 424 valence electrons. The average molecular weight is 1110 g/mol. The van der Waals surface area contributed by atoms with Gasteiger partial charge in [-0.25, -0.2) is 55.3 Å². The molecule has 4 aromatic rings. The first kappa shape index (κ1) is 60.0. The SMILES string of the molecule is C.C.CNC(=O)Nc1ccc2c(c1F)CC[C@]21OC(=O)N(CC(=O)N2[C@@H](C)CC[C@H]2c2ccc(F)c(F)c2)C1=O.CNC(=O)Nc1ccc2c(c1F)CC[C@]21OC(=O)N(CC(=O)O)C1=O.C[C@H]1CC[C@@H](c2ccc(F)c(F)c2)N1. The lowest BCUT2D eigenvalue weighted by atomic mass is 9.94. The van der Waals surface area contributed by atoms with Crippen molar-refractivity contribution in [1.82, 2.24) is 30.7 Å². The quantitative estimate of drug-likeness (QED) is 0.0909. The molecule has 0 radical (unpaired) electrons. The average Bonchev–Trinajstić information content (AvgIpc) is 3.67. The topological polar surface area (TPSA) is 245 Å². The number of benzene rings is 4. The van der Waals surface area contributed by atoms with Crippen LogP contribution >= 0.6 is 0 Å². The van der Waals surface area contributed by atoms with Gasteiger partial charge >= 0.3 is 30.2 Å². The number of imide groups is 2. The number of anilines is 2. The van der Waals surface area contributed by atoms with Crippen LogP contribution in [0.2, 0.25) is 0 Å². The highest BCUT2D eigenvalue weighted by atomic mass is 19.2. The van der Waals surface area contributed by atoms with E-state index in [1.54, 1.807) is 13.0 Å². The summed E-state index contributed by atoms with van der Waals surface area (Å²) in [5.41, 5.74) is -1.78. The summed E-state index contributed by atoms with van der Waals surface area (Å²) in [5.74, 6) is -8.56. The number of nitrogens with one attached hydrogen (secondary N) is 5. The summed E-state index contributed by atoms with van der Waals surface area (Å²) in [5, 5.41) is 21.4. The van der Waals surface area contributed by atoms with Gasteiger partial charge in [0.25, 0.3) is 11.8 Å². The van der Waals surface area contributed by atoms with E-state index in [0.29, 0.717) is 34.2 Å². The lowest BCUT2D eigenvalue weighted by Crippen LogP contribution is -2.46. The van der Waals surface area contributed by atoms with E-state index in [1.165, 1.54) is 61.5 Å². The number of aliphatic carboxylic acids is 1. The number of carboxylic acids is 1. The minimum absolute atomic E-state index is 0. The van der Waals surface area contributed by atoms with E-state index in [9.17, 15) is 60.3 Å². The highest BCUT2D eigenvalue weighted by Crippen LogP contribution is 2.49. The smallest absolute Gasteiger partial charge is 0.418 e. The number of rotatable bonds is 8. The lowest BCUT2D eigenvalue weighted by Gasteiger charge is -2.30. The first-order chi connectivity index (χ1) is 36.5. The molecule has 6 aliphatic rings. The fourth-order valence-corrected chi connectivity index (χ4v) is 10.7. The number of hydrogen-bond donors (Lipinski definition) is 6. The molecular weight excluding hydrogens is 1050 g/mol. The minimum Gasteiger partial charge on any atom is -0.480 e. The number of halogens is 6. The number of carboxylic acid groups (broad SMARTS) is 1. The van der Waals surface area contributed by atoms with Crippen molar-refractivity contribution in [2.24, 2.45) is 0 Å². The first-order valence-corrected chi connectivity index (χ1v) is 24.4. The number of fused-ring (bicyclic) bond motifs is 4. The van der Waals surface area contributed by atoms with Crippen LogP contribution in [0.5, 0.6) is 0 Å². The molecule has 79 heavy (non-hydrogen) atoms. The number of ether oxygens (including phenoxy) is 2. The third kappa shape index (κ3) is 11.4. The van der Waals surface area contributed by atoms with E-state index in [0.717, 1.165) is 30.5 Å². The van der Waals surface area contributed by atoms with Crippen molar-refractivity contribution in [2.45, 2.75) is 115 Å². The Labute approximate surface area is 450 Å². The highest BCUT2D eigenvalue weighted by molar-refractivity contribution is 6.07. The Morgan fingerprint density at radius 3 is 1.54 bits per heavy atom. The molecule has 4 saturated heterocycles. The summed E-state index contributed by atoms with van der Waals surface area (Å²) in [7, 11) is 2.76.